The standard InChI is InChI=1S/C12H11F6N3O2/c1-10(11(13,14)15,12(16,17)18)21-9(23)20-7-5-3-2-4-6(7)8(19)22/h2-5H,1H3,(H2,19,22)(H2,20,21,23)/p+1. The molecule has 0 aliphatic heterocycles. The molecule has 23 heavy (non-hydrogen) atoms. The number of carbonyl (C=O) groups excluding carboxylic acids is 2. The molecule has 5 nitrogen and oxygen atoms in total. The van der Waals surface area contributed by atoms with Gasteiger partial charge in [0.2, 0.25) is 5.54 Å². The van der Waals surface area contributed by atoms with Crippen molar-refractivity contribution in [1.29, 1.82) is 0 Å². The Hall–Kier alpha value is -2.30. The van der Waals surface area contributed by atoms with Gasteiger partial charge in [0, 0.05) is 0 Å². The minimum Gasteiger partial charge on any atom is -0.316 e. The molecule has 1 aromatic carbocycles. The van der Waals surface area contributed by atoms with Crippen LogP contribution in [0.2, 0.25) is 0 Å². The van der Waals surface area contributed by atoms with E-state index in [1.54, 1.807) is 5.32 Å². The number of urea groups is 1. The van der Waals surface area contributed by atoms with E-state index >= 15 is 0 Å². The Morgan fingerprint density at radius 2 is 1.48 bits per heavy atom. The van der Waals surface area contributed by atoms with Gasteiger partial charge in [-0.15, -0.1) is 0 Å². The van der Waals surface area contributed by atoms with Crippen LogP contribution in [0.1, 0.15) is 17.3 Å². The molecule has 1 rings (SSSR count). The smallest absolute Gasteiger partial charge is 0.316 e. The number of anilines is 1. The monoisotopic (exact) mass is 344 g/mol. The lowest BCUT2D eigenvalue weighted by molar-refractivity contribution is -0.297. The molecule has 0 atom stereocenters. The fourth-order valence-electron chi connectivity index (χ4n) is 1.52. The minimum absolute atomic E-state index is 0.164. The summed E-state index contributed by atoms with van der Waals surface area (Å²) in [5.41, 5.74) is -1.82. The van der Waals surface area contributed by atoms with Crippen LogP contribution in [0.5, 0.6) is 0 Å². The number of para-hydroxylation sites is 1. The molecule has 0 aliphatic carbocycles. The van der Waals surface area contributed by atoms with Crippen molar-refractivity contribution in [3.63, 3.8) is 0 Å². The normalized spacial score (nSPS) is 12.7. The second-order valence-corrected chi connectivity index (χ2v) is 4.67. The van der Waals surface area contributed by atoms with Crippen LogP contribution in [0.3, 0.4) is 0 Å². The van der Waals surface area contributed by atoms with Crippen molar-refractivity contribution in [3.05, 3.63) is 29.8 Å². The Balaban J connectivity index is 3.06. The summed E-state index contributed by atoms with van der Waals surface area (Å²) in [7, 11) is 0. The topological polar surface area (TPSA) is 85.8 Å². The van der Waals surface area contributed by atoms with Gasteiger partial charge in [0.15, 0.2) is 0 Å². The first-order valence-electron chi connectivity index (χ1n) is 5.97. The number of carbonyl (C=O) groups is 2. The van der Waals surface area contributed by atoms with Crippen LogP contribution in [0.25, 0.3) is 0 Å². The van der Waals surface area contributed by atoms with E-state index in [2.05, 4.69) is 5.73 Å². The molecule has 0 radical (unpaired) electrons. The van der Waals surface area contributed by atoms with E-state index < -0.39 is 29.8 Å². The number of benzene rings is 1. The first-order chi connectivity index (χ1) is 10.3. The predicted octanol–water partition coefficient (Wildman–Crippen LogP) is 2.07. The van der Waals surface area contributed by atoms with Crippen molar-refractivity contribution in [1.82, 2.24) is 5.32 Å². The number of hydrogen-bond donors (Lipinski definition) is 3. The lowest BCUT2D eigenvalue weighted by atomic mass is 10.0. The molecule has 0 bridgehead atoms. The van der Waals surface area contributed by atoms with Gasteiger partial charge < -0.3 is 10.6 Å². The van der Waals surface area contributed by atoms with Crippen molar-refractivity contribution in [2.75, 3.05) is 5.32 Å². The molecule has 3 amide bonds. The fourth-order valence-corrected chi connectivity index (χ4v) is 1.52. The average Bonchev–Trinajstić information content (AvgIpc) is 2.36. The molecule has 5 N–H and O–H groups in total. The summed E-state index contributed by atoms with van der Waals surface area (Å²) in [6.45, 7) is -0.203. The SMILES string of the molecule is CC(NC(=O)Nc1ccccc1C([NH3+])=O)(C(F)(F)F)C(F)(F)F. The summed E-state index contributed by atoms with van der Waals surface area (Å²) in [5, 5.41) is 2.64. The maximum absolute atomic E-state index is 12.7. The molecule has 0 saturated heterocycles. The Labute approximate surface area is 125 Å². The summed E-state index contributed by atoms with van der Waals surface area (Å²) in [5.74, 6) is -0.768. The quantitative estimate of drug-likeness (QED) is 0.734. The molecular weight excluding hydrogens is 332 g/mol. The van der Waals surface area contributed by atoms with E-state index in [0.29, 0.717) is 0 Å². The van der Waals surface area contributed by atoms with Gasteiger partial charge in [0.05, 0.1) is 5.69 Å². The first-order valence-corrected chi connectivity index (χ1v) is 5.97. The minimum atomic E-state index is -5.77. The highest BCUT2D eigenvalue weighted by Gasteiger charge is 2.68. The molecule has 1 aromatic rings. The van der Waals surface area contributed by atoms with Crippen molar-refractivity contribution in [2.45, 2.75) is 24.8 Å². The molecule has 0 saturated carbocycles. The average molecular weight is 344 g/mol. The second kappa shape index (κ2) is 6.07. The number of alkyl halides is 6. The maximum atomic E-state index is 12.7. The van der Waals surface area contributed by atoms with Gasteiger partial charge in [0.25, 0.3) is 0 Å². The van der Waals surface area contributed by atoms with Gasteiger partial charge in [0.1, 0.15) is 5.56 Å². The second-order valence-electron chi connectivity index (χ2n) is 4.67. The highest BCUT2D eigenvalue weighted by molar-refractivity contribution is 5.99. The number of rotatable bonds is 3. The summed E-state index contributed by atoms with van der Waals surface area (Å²) >= 11 is 0. The van der Waals surface area contributed by atoms with Crippen LogP contribution in [0, 0.1) is 0 Å². The molecule has 128 valence electrons. The Morgan fingerprint density at radius 1 is 1.00 bits per heavy atom. The van der Waals surface area contributed by atoms with Gasteiger partial charge in [-0.05, 0) is 19.1 Å². The summed E-state index contributed by atoms with van der Waals surface area (Å²) < 4.78 is 76.1. The zero-order chi connectivity index (χ0) is 18.1. The first kappa shape index (κ1) is 18.7. The lowest BCUT2D eigenvalue weighted by Crippen LogP contribution is -2.66. The largest absolute Gasteiger partial charge is 0.420 e. The van der Waals surface area contributed by atoms with E-state index in [1.807, 2.05) is 0 Å². The number of nitrogens with one attached hydrogen (secondary N) is 2. The van der Waals surface area contributed by atoms with Crippen molar-refractivity contribution in [2.24, 2.45) is 0 Å². The van der Waals surface area contributed by atoms with Gasteiger partial charge in [-0.2, -0.15) is 26.3 Å². The van der Waals surface area contributed by atoms with Crippen molar-refractivity contribution in [3.8, 4) is 0 Å². The van der Waals surface area contributed by atoms with E-state index in [4.69, 9.17) is 0 Å². The lowest BCUT2D eigenvalue weighted by Gasteiger charge is -2.34. The fraction of sp³-hybridized carbons (Fsp3) is 0.333. The van der Waals surface area contributed by atoms with Crippen LogP contribution in [-0.2, 0) is 0 Å². The molecular formula is C12H12F6N3O2+. The number of amides is 3. The van der Waals surface area contributed by atoms with Crippen LogP contribution in [-0.4, -0.2) is 29.8 Å². The van der Waals surface area contributed by atoms with E-state index in [9.17, 15) is 35.9 Å². The molecule has 0 heterocycles. The van der Waals surface area contributed by atoms with Crippen molar-refractivity contribution < 1.29 is 41.7 Å². The molecule has 0 aliphatic rings. The zero-order valence-corrected chi connectivity index (χ0v) is 11.6. The van der Waals surface area contributed by atoms with Crippen molar-refractivity contribution >= 4 is 17.6 Å². The summed E-state index contributed by atoms with van der Waals surface area (Å²) in [6, 6.07) is 3.29. The number of halogens is 6. The molecule has 0 unspecified atom stereocenters. The predicted molar refractivity (Wildman–Crippen MR) is 66.3 cm³/mol. The van der Waals surface area contributed by atoms with Gasteiger partial charge in [-0.3, -0.25) is 5.73 Å². The summed E-state index contributed by atoms with van der Waals surface area (Å²) in [6.07, 6.45) is -11.5. The van der Waals surface area contributed by atoms with Crippen LogP contribution >= 0.6 is 0 Å². The third-order valence-corrected chi connectivity index (χ3v) is 2.97. The zero-order valence-electron chi connectivity index (χ0n) is 11.6. The summed E-state index contributed by atoms with van der Waals surface area (Å²) in [4.78, 5) is 22.8. The number of quaternary nitrogens is 1. The third kappa shape index (κ3) is 3.92. The van der Waals surface area contributed by atoms with Gasteiger partial charge in [-0.1, -0.05) is 12.1 Å². The molecule has 0 spiro atoms. The molecule has 0 fully saturated rings. The molecule has 0 aromatic heterocycles. The van der Waals surface area contributed by atoms with Crippen LogP contribution in [0.15, 0.2) is 24.3 Å². The van der Waals surface area contributed by atoms with Gasteiger partial charge >= 0.3 is 24.3 Å². The Morgan fingerprint density at radius 3 is 1.91 bits per heavy atom. The van der Waals surface area contributed by atoms with Crippen LogP contribution in [0.4, 0.5) is 36.8 Å². The van der Waals surface area contributed by atoms with Gasteiger partial charge in [-0.25, -0.2) is 9.59 Å². The highest BCUT2D eigenvalue weighted by Crippen LogP contribution is 2.42. The highest BCUT2D eigenvalue weighted by atomic mass is 19.4. The van der Waals surface area contributed by atoms with E-state index in [0.717, 1.165) is 11.4 Å². The van der Waals surface area contributed by atoms with Crippen LogP contribution < -0.4 is 16.4 Å². The number of hydrogen-bond acceptors (Lipinski definition) is 2. The van der Waals surface area contributed by atoms with E-state index in [1.165, 1.54) is 18.2 Å². The third-order valence-electron chi connectivity index (χ3n) is 2.97. The Bertz CT molecular complexity index is 598. The molecule has 11 heteroatoms. The maximum Gasteiger partial charge on any atom is 0.420 e. The Kier molecular flexibility index (Phi) is 4.94. The van der Waals surface area contributed by atoms with E-state index in [-0.39, 0.29) is 18.2 Å².